The Hall–Kier alpha value is -0.903. The highest BCUT2D eigenvalue weighted by Crippen LogP contribution is 2.51. The van der Waals surface area contributed by atoms with Gasteiger partial charge >= 0.3 is 0 Å². The Bertz CT molecular complexity index is 623. The van der Waals surface area contributed by atoms with E-state index in [1.807, 2.05) is 0 Å². The Balaban J connectivity index is 2.12. The van der Waals surface area contributed by atoms with Crippen molar-refractivity contribution in [2.24, 2.45) is 0 Å². The van der Waals surface area contributed by atoms with Gasteiger partial charge in [-0.25, -0.2) is 0 Å². The number of hydrogen-bond donors (Lipinski definition) is 0. The van der Waals surface area contributed by atoms with Crippen LogP contribution in [0.4, 0.5) is 0 Å². The van der Waals surface area contributed by atoms with Crippen molar-refractivity contribution in [1.82, 2.24) is 0 Å². The molecule has 0 N–H and O–H groups in total. The molecule has 3 rings (SSSR count). The first kappa shape index (κ1) is 18.9. The van der Waals surface area contributed by atoms with Gasteiger partial charge in [0.2, 0.25) is 0 Å². The highest BCUT2D eigenvalue weighted by atomic mass is 32.2. The molecule has 0 atom stereocenters. The van der Waals surface area contributed by atoms with Crippen LogP contribution in [0.1, 0.15) is 25.7 Å². The molecule has 3 heteroatoms. The Morgan fingerprint density at radius 1 is 0.960 bits per heavy atom. The van der Waals surface area contributed by atoms with Crippen LogP contribution in [-0.2, 0) is 0 Å². The van der Waals surface area contributed by atoms with Crippen molar-refractivity contribution in [3.8, 4) is 0 Å². The fraction of sp³-hybridized carbons (Fsp3) is 0.364. The first-order chi connectivity index (χ1) is 12.2. The molecular formula is C22H28S2Si. The van der Waals surface area contributed by atoms with Crippen molar-refractivity contribution in [3.05, 3.63) is 73.3 Å². The van der Waals surface area contributed by atoms with Crippen LogP contribution in [0.25, 0.3) is 0 Å². The standard InChI is InChI=1S/C22H28S2Si/c1-3-4-11-17-22(23-18-12-19-24-22)25(2,20-13-7-5-8-14-20)21-15-9-6-10-16-21/h3,5-10,13-16H,1,4,11-12,17-19H2,2H3. The second kappa shape index (κ2) is 8.66. The molecule has 0 saturated carbocycles. The lowest BCUT2D eigenvalue weighted by Crippen LogP contribution is -2.69. The van der Waals surface area contributed by atoms with E-state index in [0.29, 0.717) is 3.70 Å². The molecule has 0 amide bonds. The van der Waals surface area contributed by atoms with E-state index in [1.54, 1.807) is 10.4 Å². The monoisotopic (exact) mass is 384 g/mol. The number of thioether (sulfide) groups is 2. The fourth-order valence-electron chi connectivity index (χ4n) is 3.89. The molecular weight excluding hydrogens is 356 g/mol. The van der Waals surface area contributed by atoms with E-state index >= 15 is 0 Å². The number of unbranched alkanes of at least 4 members (excludes halogenated alkanes) is 1. The maximum atomic E-state index is 3.94. The minimum Gasteiger partial charge on any atom is -0.147 e. The molecule has 2 aromatic rings. The van der Waals surface area contributed by atoms with Crippen molar-refractivity contribution < 1.29 is 0 Å². The Kier molecular flexibility index (Phi) is 6.53. The summed E-state index contributed by atoms with van der Waals surface area (Å²) in [7, 11) is -1.91. The van der Waals surface area contributed by atoms with Crippen LogP contribution in [0, 0.1) is 0 Å². The molecule has 1 heterocycles. The minimum absolute atomic E-state index is 0.316. The summed E-state index contributed by atoms with van der Waals surface area (Å²) in [4.78, 5) is 0. The highest BCUT2D eigenvalue weighted by molar-refractivity contribution is 8.21. The first-order valence-corrected chi connectivity index (χ1v) is 13.7. The molecule has 1 aliphatic rings. The van der Waals surface area contributed by atoms with Crippen LogP contribution in [0.2, 0.25) is 6.55 Å². The fourth-order valence-corrected chi connectivity index (χ4v) is 14.7. The lowest BCUT2D eigenvalue weighted by Gasteiger charge is -2.49. The third kappa shape index (κ3) is 3.79. The van der Waals surface area contributed by atoms with E-state index in [1.165, 1.54) is 30.8 Å². The molecule has 0 bridgehead atoms. The predicted molar refractivity (Wildman–Crippen MR) is 120 cm³/mol. The molecule has 1 aliphatic heterocycles. The van der Waals surface area contributed by atoms with E-state index in [-0.39, 0.29) is 0 Å². The average molecular weight is 385 g/mol. The SMILES string of the molecule is C=CCCCC1([Si](C)(c2ccccc2)c2ccccc2)SCCCS1. The Labute approximate surface area is 162 Å². The Morgan fingerprint density at radius 2 is 1.48 bits per heavy atom. The number of hydrogen-bond acceptors (Lipinski definition) is 2. The van der Waals surface area contributed by atoms with Gasteiger partial charge in [-0.2, -0.15) is 0 Å². The first-order valence-electron chi connectivity index (χ1n) is 9.23. The second-order valence-corrected chi connectivity index (χ2v) is 14.9. The van der Waals surface area contributed by atoms with Gasteiger partial charge in [-0.3, -0.25) is 0 Å². The van der Waals surface area contributed by atoms with Gasteiger partial charge in [-0.15, -0.1) is 30.1 Å². The zero-order valence-corrected chi connectivity index (χ0v) is 17.8. The molecule has 0 aromatic heterocycles. The minimum atomic E-state index is -1.91. The smallest absolute Gasteiger partial charge is 0.142 e. The van der Waals surface area contributed by atoms with Crippen molar-refractivity contribution in [2.75, 3.05) is 11.5 Å². The van der Waals surface area contributed by atoms with Gasteiger partial charge in [0.1, 0.15) is 8.07 Å². The van der Waals surface area contributed by atoms with Gasteiger partial charge < -0.3 is 0 Å². The van der Waals surface area contributed by atoms with Crippen LogP contribution < -0.4 is 10.4 Å². The van der Waals surface area contributed by atoms with Gasteiger partial charge in [-0.1, -0.05) is 83.7 Å². The summed E-state index contributed by atoms with van der Waals surface area (Å²) in [6, 6.07) is 22.7. The quantitative estimate of drug-likeness (QED) is 0.359. The predicted octanol–water partition coefficient (Wildman–Crippen LogP) is 5.34. The van der Waals surface area contributed by atoms with Crippen LogP contribution in [0.15, 0.2) is 73.3 Å². The largest absolute Gasteiger partial charge is 0.147 e. The molecule has 0 unspecified atom stereocenters. The van der Waals surface area contributed by atoms with Crippen molar-refractivity contribution in [3.63, 3.8) is 0 Å². The lowest BCUT2D eigenvalue weighted by molar-refractivity contribution is 0.763. The average Bonchev–Trinajstić information content (AvgIpc) is 2.69. The van der Waals surface area contributed by atoms with Crippen molar-refractivity contribution in [1.29, 1.82) is 0 Å². The van der Waals surface area contributed by atoms with Gasteiger partial charge in [0.05, 0.1) is 3.70 Å². The van der Waals surface area contributed by atoms with Crippen LogP contribution in [0.3, 0.4) is 0 Å². The molecule has 0 radical (unpaired) electrons. The summed E-state index contributed by atoms with van der Waals surface area (Å²) in [5, 5.41) is 3.14. The molecule has 0 nitrogen and oxygen atoms in total. The molecule has 1 saturated heterocycles. The van der Waals surface area contributed by atoms with Gasteiger partial charge in [0, 0.05) is 0 Å². The topological polar surface area (TPSA) is 0 Å². The molecule has 2 aromatic carbocycles. The summed E-state index contributed by atoms with van der Waals surface area (Å²) in [5.41, 5.74) is 0. The van der Waals surface area contributed by atoms with E-state index in [4.69, 9.17) is 0 Å². The van der Waals surface area contributed by atoms with Crippen LogP contribution in [0.5, 0.6) is 0 Å². The molecule has 1 fully saturated rings. The van der Waals surface area contributed by atoms with Crippen LogP contribution >= 0.6 is 23.5 Å². The maximum absolute atomic E-state index is 3.94. The number of benzene rings is 2. The molecule has 132 valence electrons. The van der Waals surface area contributed by atoms with Crippen molar-refractivity contribution in [2.45, 2.75) is 35.9 Å². The summed E-state index contributed by atoms with van der Waals surface area (Å²) in [6.07, 6.45) is 7.06. The summed E-state index contributed by atoms with van der Waals surface area (Å²) in [6.45, 7) is 6.55. The highest BCUT2D eigenvalue weighted by Gasteiger charge is 2.53. The third-order valence-electron chi connectivity index (χ3n) is 5.34. The van der Waals surface area contributed by atoms with E-state index in [2.05, 4.69) is 103 Å². The normalized spacial score (nSPS) is 17.2. The third-order valence-corrected chi connectivity index (χ3v) is 16.4. The summed E-state index contributed by atoms with van der Waals surface area (Å²) >= 11 is 4.50. The van der Waals surface area contributed by atoms with E-state index in [9.17, 15) is 0 Å². The molecule has 25 heavy (non-hydrogen) atoms. The zero-order valence-electron chi connectivity index (χ0n) is 15.1. The second-order valence-electron chi connectivity index (χ2n) is 6.84. The number of rotatable bonds is 7. The Morgan fingerprint density at radius 3 is 1.96 bits per heavy atom. The van der Waals surface area contributed by atoms with E-state index in [0.717, 1.165) is 6.42 Å². The van der Waals surface area contributed by atoms with Gasteiger partial charge in [-0.05, 0) is 37.2 Å². The summed E-state index contributed by atoms with van der Waals surface area (Å²) < 4.78 is 0.316. The molecule has 0 aliphatic carbocycles. The zero-order chi connectivity index (χ0) is 17.6. The lowest BCUT2D eigenvalue weighted by atomic mass is 10.2. The summed E-state index contributed by atoms with van der Waals surface area (Å²) in [5.74, 6) is 2.59. The van der Waals surface area contributed by atoms with Crippen molar-refractivity contribution >= 4 is 42.0 Å². The van der Waals surface area contributed by atoms with E-state index < -0.39 is 8.07 Å². The van der Waals surface area contributed by atoms with Crippen LogP contribution in [-0.4, -0.2) is 23.3 Å². The molecule has 0 spiro atoms. The van der Waals surface area contributed by atoms with Gasteiger partial charge in [0.25, 0.3) is 0 Å². The number of allylic oxidation sites excluding steroid dienone is 1. The maximum Gasteiger partial charge on any atom is 0.142 e. The van der Waals surface area contributed by atoms with Gasteiger partial charge in [0.15, 0.2) is 0 Å².